The van der Waals surface area contributed by atoms with Gasteiger partial charge in [-0.2, -0.15) is 0 Å². The van der Waals surface area contributed by atoms with Gasteiger partial charge in [-0.1, -0.05) is 95.9 Å². The van der Waals surface area contributed by atoms with Crippen molar-refractivity contribution in [2.75, 3.05) is 0 Å². The van der Waals surface area contributed by atoms with E-state index in [1.165, 1.54) is 27.3 Å². The molecule has 4 aromatic heterocycles. The monoisotopic (exact) mass is 1070 g/mol. The van der Waals surface area contributed by atoms with E-state index >= 15 is 0 Å². The van der Waals surface area contributed by atoms with Crippen LogP contribution in [-0.4, -0.2) is 32.8 Å². The van der Waals surface area contributed by atoms with Crippen LogP contribution in [0.4, 0.5) is 0 Å². The Hall–Kier alpha value is -6.18. The fourth-order valence-electron chi connectivity index (χ4n) is 8.87. The fourth-order valence-corrected chi connectivity index (χ4v) is 12.2. The minimum atomic E-state index is -1.86. The van der Waals surface area contributed by atoms with Gasteiger partial charge in [-0.15, -0.1) is 18.2 Å². The van der Waals surface area contributed by atoms with Crippen LogP contribution in [-0.2, 0) is 26.5 Å². The van der Waals surface area contributed by atoms with Gasteiger partial charge >= 0.3 is 126 Å². The topological polar surface area (TPSA) is 56.7 Å². The smallest absolute Gasteiger partial charge is 0.216 e. The first-order valence-electron chi connectivity index (χ1n) is 21.8. The Bertz CT molecular complexity index is 3460. The minimum Gasteiger partial charge on any atom is -0.486 e. The number of hydrogen-bond donors (Lipinski definition) is 0. The molecule has 317 valence electrons. The zero-order valence-corrected chi connectivity index (χ0v) is 41.4. The minimum absolute atomic E-state index is 0. The summed E-state index contributed by atoms with van der Waals surface area (Å²) < 4.78 is 10.2. The van der Waals surface area contributed by atoms with Crippen molar-refractivity contribution >= 4 is 72.3 Å². The molecule has 7 heteroatoms. The third-order valence-electron chi connectivity index (χ3n) is 11.8. The second-order valence-electron chi connectivity index (χ2n) is 17.9. The summed E-state index contributed by atoms with van der Waals surface area (Å²) in [6.07, 6.45) is 3.27. The Balaban J connectivity index is 0.000000209. The van der Waals surface area contributed by atoms with Gasteiger partial charge in [-0.05, 0) is 64.5 Å². The first-order chi connectivity index (χ1) is 30.6. The normalized spacial score (nSPS) is 11.7. The third kappa shape index (κ3) is 8.22. The van der Waals surface area contributed by atoms with Crippen LogP contribution in [0.2, 0.25) is 17.3 Å². The quantitative estimate of drug-likeness (QED) is 0.0907. The molecule has 0 amide bonds. The van der Waals surface area contributed by atoms with Crippen molar-refractivity contribution in [3.63, 3.8) is 0 Å². The molecular weight excluding hydrogens is 1020 g/mol. The van der Waals surface area contributed by atoms with Crippen LogP contribution in [0.3, 0.4) is 0 Å². The van der Waals surface area contributed by atoms with E-state index in [4.69, 9.17) is 14.4 Å². The van der Waals surface area contributed by atoms with Crippen LogP contribution in [0.5, 0.6) is 0 Å². The van der Waals surface area contributed by atoms with Gasteiger partial charge < -0.3 is 8.98 Å². The van der Waals surface area contributed by atoms with Crippen molar-refractivity contribution in [2.45, 2.75) is 44.5 Å². The summed E-state index contributed by atoms with van der Waals surface area (Å²) in [7, 11) is 0. The van der Waals surface area contributed by atoms with Crippen LogP contribution in [0.15, 0.2) is 168 Å². The van der Waals surface area contributed by atoms with Crippen LogP contribution >= 0.6 is 0 Å². The Morgan fingerprint density at radius 3 is 2.22 bits per heavy atom. The first kappa shape index (κ1) is 43.1. The SMILES string of the molecule is CC(C)Cc1cc(-c2[c-]cccc2)nc[c]1[Ge]([CH3])([CH3])[CH3].Cc1ccc2c(n1)oc1c(-c3nc4c5ccc6ccccc6c5ccc4n3-c3cccc(-c4ccccc4)c3)[c-]ccc12.[Ir]. The summed E-state index contributed by atoms with van der Waals surface area (Å²) in [6, 6.07) is 61.7. The standard InChI is InChI=1S/C39H24N3O.C18H24GeN.Ir/c1-24-17-19-33-32-15-8-16-34(37(32)43-39(33)40-24)38-41-36-31-20-18-26-11-5-6-14-29(26)30(31)21-22-35(36)42(38)28-13-7-12-27(23-28)25-9-3-2-4-10-25;1-14(2)11-16-12-18(15-9-7-6-8-10-15)20-13-17(16)19(3,4)5;/h2-15,17-23H,1H3;6-9,12-14H,11H2,1-5H3;/q2*-1;. The predicted molar refractivity (Wildman–Crippen MR) is 266 cm³/mol. The molecule has 0 spiro atoms. The number of furan rings is 1. The van der Waals surface area contributed by atoms with Crippen LogP contribution in [0.1, 0.15) is 25.1 Å². The largest absolute Gasteiger partial charge is 0.486 e. The molecule has 1 radical (unpaired) electrons. The second kappa shape index (κ2) is 17.8. The maximum Gasteiger partial charge on any atom is 0.216 e. The number of aryl methyl sites for hydroxylation is 1. The van der Waals surface area contributed by atoms with E-state index in [0.29, 0.717) is 11.6 Å². The maximum absolute atomic E-state index is 6.45. The van der Waals surface area contributed by atoms with Gasteiger partial charge in [0.1, 0.15) is 0 Å². The summed E-state index contributed by atoms with van der Waals surface area (Å²) in [5, 5.41) is 6.73. The van der Waals surface area contributed by atoms with Gasteiger partial charge in [-0.25, -0.2) is 4.98 Å². The number of aromatic nitrogens is 4. The first-order valence-corrected chi connectivity index (χ1v) is 29.1. The molecule has 0 N–H and O–H groups in total. The molecule has 0 aliphatic heterocycles. The molecule has 0 saturated carbocycles. The van der Waals surface area contributed by atoms with Crippen molar-refractivity contribution in [3.8, 4) is 39.5 Å². The molecule has 11 rings (SSSR count). The van der Waals surface area contributed by atoms with Crippen molar-refractivity contribution < 1.29 is 24.5 Å². The van der Waals surface area contributed by atoms with E-state index in [9.17, 15) is 0 Å². The molecule has 0 atom stereocenters. The number of fused-ring (bicyclic) bond motifs is 8. The zero-order valence-electron chi connectivity index (χ0n) is 36.9. The van der Waals surface area contributed by atoms with Gasteiger partial charge in [-0.3, -0.25) is 4.98 Å². The molecule has 0 aliphatic rings. The molecular formula is C57H48GeIrN4O-2. The number of pyridine rings is 2. The van der Waals surface area contributed by atoms with Crippen molar-refractivity contribution in [2.24, 2.45) is 5.92 Å². The number of benzene rings is 7. The average Bonchev–Trinajstić information content (AvgIpc) is 3.88. The predicted octanol–water partition coefficient (Wildman–Crippen LogP) is 14.4. The number of imidazole rings is 1. The van der Waals surface area contributed by atoms with E-state index in [0.717, 1.165) is 78.8 Å². The van der Waals surface area contributed by atoms with Gasteiger partial charge in [0.05, 0.1) is 22.4 Å². The molecule has 11 aromatic rings. The van der Waals surface area contributed by atoms with Crippen LogP contribution < -0.4 is 4.40 Å². The summed E-state index contributed by atoms with van der Waals surface area (Å²) in [4.78, 5) is 14.8. The van der Waals surface area contributed by atoms with Crippen molar-refractivity contribution in [1.29, 1.82) is 0 Å². The summed E-state index contributed by atoms with van der Waals surface area (Å²) in [5.41, 5.74) is 12.0. The Labute approximate surface area is 391 Å². The van der Waals surface area contributed by atoms with Crippen molar-refractivity contribution in [1.82, 2.24) is 19.5 Å². The molecule has 0 bridgehead atoms. The second-order valence-corrected chi connectivity index (χ2v) is 28.4. The van der Waals surface area contributed by atoms with E-state index in [1.807, 2.05) is 49.4 Å². The van der Waals surface area contributed by atoms with Crippen molar-refractivity contribution in [3.05, 3.63) is 187 Å². The molecule has 4 heterocycles. The zero-order chi connectivity index (χ0) is 43.2. The van der Waals surface area contributed by atoms with Gasteiger partial charge in [0.15, 0.2) is 0 Å². The number of rotatable bonds is 7. The Kier molecular flexibility index (Phi) is 12.0. The molecule has 0 unspecified atom stereocenters. The summed E-state index contributed by atoms with van der Waals surface area (Å²) in [5.74, 6) is 8.77. The number of nitrogens with zero attached hydrogens (tertiary/aromatic N) is 4. The molecule has 0 fully saturated rings. The van der Waals surface area contributed by atoms with Gasteiger partial charge in [0.2, 0.25) is 5.71 Å². The third-order valence-corrected chi connectivity index (χ3v) is 16.2. The van der Waals surface area contributed by atoms with Crippen LogP contribution in [0, 0.1) is 25.0 Å². The number of hydrogen-bond acceptors (Lipinski definition) is 4. The fraction of sp³-hybridized carbons (Fsp3) is 0.140. The van der Waals surface area contributed by atoms with Gasteiger partial charge in [0.25, 0.3) is 0 Å². The molecule has 0 aliphatic carbocycles. The van der Waals surface area contributed by atoms with E-state index < -0.39 is 13.3 Å². The Morgan fingerprint density at radius 1 is 0.656 bits per heavy atom. The van der Waals surface area contributed by atoms with E-state index in [1.54, 1.807) is 4.40 Å². The van der Waals surface area contributed by atoms with E-state index in [-0.39, 0.29) is 20.1 Å². The summed E-state index contributed by atoms with van der Waals surface area (Å²) in [6.45, 7) is 6.55. The van der Waals surface area contributed by atoms with Crippen LogP contribution in [0.25, 0.3) is 94.1 Å². The molecule has 5 nitrogen and oxygen atoms in total. The molecule has 7 aromatic carbocycles. The van der Waals surface area contributed by atoms with E-state index in [2.05, 4.69) is 174 Å². The van der Waals surface area contributed by atoms with Gasteiger partial charge in [0, 0.05) is 42.3 Å². The molecule has 64 heavy (non-hydrogen) atoms. The molecule has 0 saturated heterocycles. The average molecular weight is 1070 g/mol. The maximum atomic E-state index is 6.45. The Morgan fingerprint density at radius 2 is 1.42 bits per heavy atom. The summed E-state index contributed by atoms with van der Waals surface area (Å²) >= 11 is -1.86.